The molecule has 1 unspecified atom stereocenters. The molecule has 1 heterocycles. The normalized spacial score (nSPS) is 12.2. The van der Waals surface area contributed by atoms with Crippen molar-refractivity contribution in [3.63, 3.8) is 0 Å². The van der Waals surface area contributed by atoms with Crippen molar-refractivity contribution in [3.05, 3.63) is 71.1 Å². The topological polar surface area (TPSA) is 71.3 Å². The monoisotopic (exact) mass is 420 g/mol. The van der Waals surface area contributed by atoms with Gasteiger partial charge in [-0.2, -0.15) is 4.98 Å². The van der Waals surface area contributed by atoms with Crippen molar-refractivity contribution >= 4 is 5.91 Å². The predicted molar refractivity (Wildman–Crippen MR) is 123 cm³/mol. The second-order valence-corrected chi connectivity index (χ2v) is 7.94. The number of hydrogen-bond acceptors (Lipinski definition) is 5. The van der Waals surface area contributed by atoms with Gasteiger partial charge in [-0.1, -0.05) is 67.5 Å². The molecule has 0 aliphatic carbocycles. The zero-order valence-electron chi connectivity index (χ0n) is 18.9. The number of rotatable bonds is 10. The van der Waals surface area contributed by atoms with Gasteiger partial charge < -0.3 is 14.7 Å². The van der Waals surface area contributed by atoms with E-state index in [0.29, 0.717) is 31.1 Å². The Hall–Kier alpha value is -2.99. The quantitative estimate of drug-likeness (QED) is 0.532. The Bertz CT molecular complexity index is 962. The van der Waals surface area contributed by atoms with Crippen molar-refractivity contribution in [2.24, 2.45) is 0 Å². The third-order valence-electron chi connectivity index (χ3n) is 5.54. The molecule has 1 N–H and O–H groups in total. The van der Waals surface area contributed by atoms with Gasteiger partial charge in [-0.05, 0) is 43.6 Å². The van der Waals surface area contributed by atoms with Gasteiger partial charge in [0.2, 0.25) is 17.6 Å². The lowest BCUT2D eigenvalue weighted by molar-refractivity contribution is -0.121. The van der Waals surface area contributed by atoms with Crippen LogP contribution in [-0.2, 0) is 24.1 Å². The van der Waals surface area contributed by atoms with Crippen LogP contribution in [0.25, 0.3) is 11.4 Å². The summed E-state index contributed by atoms with van der Waals surface area (Å²) in [4.78, 5) is 19.0. The molecule has 1 atom stereocenters. The Morgan fingerprint density at radius 1 is 1.00 bits per heavy atom. The maximum atomic E-state index is 12.4. The molecule has 0 saturated heterocycles. The molecule has 6 nitrogen and oxygen atoms in total. The van der Waals surface area contributed by atoms with Gasteiger partial charge >= 0.3 is 0 Å². The first-order valence-electron chi connectivity index (χ1n) is 10.9. The zero-order valence-corrected chi connectivity index (χ0v) is 18.9. The molecule has 164 valence electrons. The Morgan fingerprint density at radius 3 is 2.19 bits per heavy atom. The number of likely N-dealkylation sites (N-methyl/N-ethyl adjacent to an activating group) is 1. The molecule has 2 aromatic carbocycles. The molecule has 0 aliphatic heterocycles. The summed E-state index contributed by atoms with van der Waals surface area (Å²) >= 11 is 0. The third-order valence-corrected chi connectivity index (χ3v) is 5.54. The molecule has 0 aliphatic rings. The summed E-state index contributed by atoms with van der Waals surface area (Å²) in [7, 11) is 4.05. The average molecular weight is 421 g/mol. The van der Waals surface area contributed by atoms with Crippen LogP contribution in [0, 0.1) is 0 Å². The SMILES string of the molecule is CCc1ccc(-c2noc(CCC(=O)NCC(c3ccc(CC)cc3)N(C)C)n2)cc1. The molecule has 0 fully saturated rings. The minimum Gasteiger partial charge on any atom is -0.354 e. The van der Waals surface area contributed by atoms with Crippen LogP contribution in [0.15, 0.2) is 53.1 Å². The lowest BCUT2D eigenvalue weighted by Crippen LogP contribution is -2.34. The number of nitrogens with zero attached hydrogens (tertiary/aromatic N) is 3. The van der Waals surface area contributed by atoms with Gasteiger partial charge in [0.05, 0.1) is 6.04 Å². The number of carbonyl (C=O) groups excluding carboxylic acids is 1. The number of aryl methyl sites for hydroxylation is 3. The summed E-state index contributed by atoms with van der Waals surface area (Å²) in [6, 6.07) is 16.8. The lowest BCUT2D eigenvalue weighted by atomic mass is 10.0. The zero-order chi connectivity index (χ0) is 22.2. The van der Waals surface area contributed by atoms with E-state index in [-0.39, 0.29) is 11.9 Å². The molecule has 0 radical (unpaired) electrons. The molecule has 3 rings (SSSR count). The average Bonchev–Trinajstić information content (AvgIpc) is 3.27. The van der Waals surface area contributed by atoms with Crippen molar-refractivity contribution in [3.8, 4) is 11.4 Å². The molecule has 31 heavy (non-hydrogen) atoms. The van der Waals surface area contributed by atoms with Gasteiger partial charge in [0.15, 0.2) is 0 Å². The van der Waals surface area contributed by atoms with Crippen molar-refractivity contribution in [1.29, 1.82) is 0 Å². The number of amides is 1. The van der Waals surface area contributed by atoms with Crippen molar-refractivity contribution in [2.75, 3.05) is 20.6 Å². The number of aromatic nitrogens is 2. The molecule has 6 heteroatoms. The third kappa shape index (κ3) is 6.25. The van der Waals surface area contributed by atoms with Crippen molar-refractivity contribution in [1.82, 2.24) is 20.4 Å². The fourth-order valence-corrected chi connectivity index (χ4v) is 3.46. The Labute approximate surface area is 184 Å². The Balaban J connectivity index is 1.51. The largest absolute Gasteiger partial charge is 0.354 e. The van der Waals surface area contributed by atoms with Crippen LogP contribution < -0.4 is 5.32 Å². The van der Waals surface area contributed by atoms with Crippen LogP contribution in [0.1, 0.15) is 48.9 Å². The highest BCUT2D eigenvalue weighted by atomic mass is 16.5. The Kier molecular flexibility index (Phi) is 7.95. The molecule has 1 aromatic heterocycles. The smallest absolute Gasteiger partial charge is 0.227 e. The first-order chi connectivity index (χ1) is 15.0. The van der Waals surface area contributed by atoms with Crippen LogP contribution >= 0.6 is 0 Å². The first-order valence-corrected chi connectivity index (χ1v) is 10.9. The highest BCUT2D eigenvalue weighted by molar-refractivity contribution is 5.76. The van der Waals surface area contributed by atoms with E-state index in [2.05, 4.69) is 70.6 Å². The summed E-state index contributed by atoms with van der Waals surface area (Å²) in [6.45, 7) is 4.82. The van der Waals surface area contributed by atoms with Crippen LogP contribution in [0.4, 0.5) is 0 Å². The van der Waals surface area contributed by atoms with E-state index in [9.17, 15) is 4.79 Å². The predicted octanol–water partition coefficient (Wildman–Crippen LogP) is 4.21. The van der Waals surface area contributed by atoms with Gasteiger partial charge in [0.1, 0.15) is 0 Å². The molecule has 1 amide bonds. The Morgan fingerprint density at radius 2 is 1.61 bits per heavy atom. The molecular weight excluding hydrogens is 388 g/mol. The van der Waals surface area contributed by atoms with Gasteiger partial charge in [-0.25, -0.2) is 0 Å². The maximum absolute atomic E-state index is 12.4. The highest BCUT2D eigenvalue weighted by Crippen LogP contribution is 2.19. The number of hydrogen-bond donors (Lipinski definition) is 1. The highest BCUT2D eigenvalue weighted by Gasteiger charge is 2.16. The fourth-order valence-electron chi connectivity index (χ4n) is 3.46. The molecule has 0 spiro atoms. The molecule has 3 aromatic rings. The van der Waals surface area contributed by atoms with E-state index in [1.165, 1.54) is 16.7 Å². The van der Waals surface area contributed by atoms with Crippen LogP contribution in [-0.4, -0.2) is 41.6 Å². The van der Waals surface area contributed by atoms with E-state index in [1.54, 1.807) is 0 Å². The number of nitrogens with one attached hydrogen (secondary N) is 1. The van der Waals surface area contributed by atoms with Crippen molar-refractivity contribution in [2.45, 2.75) is 45.6 Å². The number of benzene rings is 2. The van der Waals surface area contributed by atoms with E-state index in [4.69, 9.17) is 4.52 Å². The summed E-state index contributed by atoms with van der Waals surface area (Å²) in [5.41, 5.74) is 4.68. The first kappa shape index (κ1) is 22.7. The van der Waals surface area contributed by atoms with Gasteiger partial charge in [-0.15, -0.1) is 0 Å². The summed E-state index contributed by atoms with van der Waals surface area (Å²) in [5.74, 6) is 1.01. The van der Waals surface area contributed by atoms with E-state index >= 15 is 0 Å². The van der Waals surface area contributed by atoms with Crippen molar-refractivity contribution < 1.29 is 9.32 Å². The number of carbonyl (C=O) groups is 1. The fraction of sp³-hybridized carbons (Fsp3) is 0.400. The standard InChI is InChI=1S/C25H32N4O2/c1-5-18-7-11-20(12-8-18)22(29(3)4)17-26-23(30)15-16-24-27-25(28-31-24)21-13-9-19(6-2)10-14-21/h7-14,22H,5-6,15-17H2,1-4H3,(H,26,30). The molecule has 0 bridgehead atoms. The van der Waals surface area contributed by atoms with E-state index < -0.39 is 0 Å². The minimum atomic E-state index is -0.0240. The van der Waals surface area contributed by atoms with Gasteiger partial charge in [0.25, 0.3) is 0 Å². The van der Waals surface area contributed by atoms with Gasteiger partial charge in [0, 0.05) is 24.9 Å². The summed E-state index contributed by atoms with van der Waals surface area (Å²) < 4.78 is 5.33. The van der Waals surface area contributed by atoms with Crippen LogP contribution in [0.2, 0.25) is 0 Å². The molecular formula is C25H32N4O2. The van der Waals surface area contributed by atoms with Crippen LogP contribution in [0.5, 0.6) is 0 Å². The minimum absolute atomic E-state index is 0.0240. The van der Waals surface area contributed by atoms with E-state index in [0.717, 1.165) is 18.4 Å². The summed E-state index contributed by atoms with van der Waals surface area (Å²) in [6.07, 6.45) is 2.74. The lowest BCUT2D eigenvalue weighted by Gasteiger charge is -2.25. The van der Waals surface area contributed by atoms with Crippen LogP contribution in [0.3, 0.4) is 0 Å². The maximum Gasteiger partial charge on any atom is 0.227 e. The summed E-state index contributed by atoms with van der Waals surface area (Å²) in [5, 5.41) is 7.09. The van der Waals surface area contributed by atoms with Gasteiger partial charge in [-0.3, -0.25) is 4.79 Å². The molecule has 0 saturated carbocycles. The second kappa shape index (κ2) is 10.9. The second-order valence-electron chi connectivity index (χ2n) is 7.94. The van der Waals surface area contributed by atoms with E-state index in [1.807, 2.05) is 26.2 Å².